The Hall–Kier alpha value is -2.93. The minimum atomic E-state index is -2.34. The zero-order chi connectivity index (χ0) is 28.1. The maximum absolute atomic E-state index is 13.4. The summed E-state index contributed by atoms with van der Waals surface area (Å²) in [5, 5.41) is 13.7. The second-order valence-corrected chi connectivity index (χ2v) is 15.9. The molecule has 1 aromatic rings. The summed E-state index contributed by atoms with van der Waals surface area (Å²) >= 11 is 1.28. The summed E-state index contributed by atoms with van der Waals surface area (Å²) in [6.07, 6.45) is -2.70. The number of fused-ring (bicyclic) bond motifs is 1. The highest BCUT2D eigenvalue weighted by Gasteiger charge is 2.40. The Kier molecular flexibility index (Phi) is 9.89. The number of rotatable bonds is 5. The summed E-state index contributed by atoms with van der Waals surface area (Å²) in [7, 11) is 0.315. The van der Waals surface area contributed by atoms with E-state index >= 15 is 0 Å². The summed E-state index contributed by atoms with van der Waals surface area (Å²) in [4.78, 5) is 50.0. The minimum absolute atomic E-state index is 0.104. The van der Waals surface area contributed by atoms with Gasteiger partial charge in [0.1, 0.15) is 29.7 Å². The number of thioether (sulfide) groups is 1. The summed E-state index contributed by atoms with van der Waals surface area (Å²) in [5.74, 6) is -1.08. The second kappa shape index (κ2) is 12.1. The van der Waals surface area contributed by atoms with Crippen molar-refractivity contribution in [2.45, 2.75) is 69.8 Å². The standard InChI is InChI=1S/C24H36N2O9SSi/c1-13-19(26-23(30)31)20(27)25-17(22(29)33-6)12-36-11-16-15(21(28)34-13)9-14(32-5)10-18(16)35-37(7,8)24(2,3)4/h9-10,13,17,19,26H,11-12H2,1-8H3,(H,25,27)(H,30,31)/t13-,17+,19-/m1/s1. The van der Waals surface area contributed by atoms with E-state index in [1.165, 1.54) is 39.0 Å². The van der Waals surface area contributed by atoms with Gasteiger partial charge in [-0.1, -0.05) is 20.8 Å². The third-order valence-electron chi connectivity index (χ3n) is 6.47. The Morgan fingerprint density at radius 1 is 1.22 bits per heavy atom. The van der Waals surface area contributed by atoms with E-state index < -0.39 is 50.4 Å². The third kappa shape index (κ3) is 7.54. The number of carboxylic acid groups (broad SMARTS) is 1. The fraction of sp³-hybridized carbons (Fsp3) is 0.583. The van der Waals surface area contributed by atoms with Crippen molar-refractivity contribution in [3.8, 4) is 11.5 Å². The van der Waals surface area contributed by atoms with Crippen LogP contribution in [0.1, 0.15) is 43.6 Å². The number of carbonyl (C=O) groups excluding carboxylic acids is 3. The van der Waals surface area contributed by atoms with Crippen LogP contribution in [0.4, 0.5) is 4.79 Å². The smallest absolute Gasteiger partial charge is 0.405 e. The summed E-state index contributed by atoms with van der Waals surface area (Å²) in [6.45, 7) is 11.8. The van der Waals surface area contributed by atoms with Gasteiger partial charge in [-0.15, -0.1) is 0 Å². The van der Waals surface area contributed by atoms with Gasteiger partial charge in [0.2, 0.25) is 14.2 Å². The second-order valence-electron chi connectivity index (χ2n) is 10.2. The molecule has 206 valence electrons. The molecule has 0 saturated carbocycles. The SMILES string of the molecule is COC(=O)[C@@H]1CSCc2c(O[Si](C)(C)C(C)(C)C)cc(OC)cc2C(=O)O[C@H](C)[C@@H](NC(=O)O)C(=O)N1. The molecule has 0 bridgehead atoms. The van der Waals surface area contributed by atoms with Gasteiger partial charge in [0, 0.05) is 23.1 Å². The van der Waals surface area contributed by atoms with Crippen molar-refractivity contribution in [2.24, 2.45) is 0 Å². The Balaban J connectivity index is 2.65. The largest absolute Gasteiger partial charge is 0.543 e. The van der Waals surface area contributed by atoms with Crippen molar-refractivity contribution in [3.05, 3.63) is 23.3 Å². The van der Waals surface area contributed by atoms with Crippen molar-refractivity contribution < 1.29 is 42.9 Å². The van der Waals surface area contributed by atoms with Crippen molar-refractivity contribution in [3.63, 3.8) is 0 Å². The molecule has 0 aliphatic carbocycles. The van der Waals surface area contributed by atoms with E-state index in [-0.39, 0.29) is 22.1 Å². The quantitative estimate of drug-likeness (QED) is 0.365. The number of benzene rings is 1. The van der Waals surface area contributed by atoms with Gasteiger partial charge in [0.15, 0.2) is 0 Å². The van der Waals surface area contributed by atoms with Crippen LogP contribution in [0.3, 0.4) is 0 Å². The van der Waals surface area contributed by atoms with Gasteiger partial charge in [-0.25, -0.2) is 14.4 Å². The molecular formula is C24H36N2O9SSi. The maximum Gasteiger partial charge on any atom is 0.405 e. The van der Waals surface area contributed by atoms with Gasteiger partial charge in [-0.05, 0) is 31.1 Å². The molecule has 1 aliphatic rings. The first-order chi connectivity index (χ1) is 17.1. The van der Waals surface area contributed by atoms with Crippen molar-refractivity contribution in [2.75, 3.05) is 20.0 Å². The summed E-state index contributed by atoms with van der Waals surface area (Å²) < 4.78 is 22.4. The zero-order valence-electron chi connectivity index (χ0n) is 22.4. The summed E-state index contributed by atoms with van der Waals surface area (Å²) in [5.41, 5.74) is 0.711. The Labute approximate surface area is 222 Å². The molecule has 2 amide bonds. The van der Waals surface area contributed by atoms with Crippen LogP contribution in [0, 0.1) is 0 Å². The highest BCUT2D eigenvalue weighted by molar-refractivity contribution is 7.98. The van der Waals surface area contributed by atoms with Crippen LogP contribution in [0.25, 0.3) is 0 Å². The average molecular weight is 557 g/mol. The molecule has 0 radical (unpaired) electrons. The Morgan fingerprint density at radius 2 is 1.86 bits per heavy atom. The predicted octanol–water partition coefficient (Wildman–Crippen LogP) is 3.17. The van der Waals surface area contributed by atoms with Crippen LogP contribution in [-0.4, -0.2) is 75.5 Å². The van der Waals surface area contributed by atoms with E-state index in [0.717, 1.165) is 0 Å². The Bertz CT molecular complexity index is 1040. The van der Waals surface area contributed by atoms with Gasteiger partial charge >= 0.3 is 18.0 Å². The molecule has 3 atom stereocenters. The molecule has 1 heterocycles. The fourth-order valence-corrected chi connectivity index (χ4v) is 5.38. The van der Waals surface area contributed by atoms with Gasteiger partial charge in [0.05, 0.1) is 19.8 Å². The number of esters is 2. The van der Waals surface area contributed by atoms with E-state index in [9.17, 15) is 24.3 Å². The van der Waals surface area contributed by atoms with Crippen molar-refractivity contribution in [1.29, 1.82) is 0 Å². The normalized spacial score (nSPS) is 21.2. The van der Waals surface area contributed by atoms with Crippen LogP contribution < -0.4 is 19.8 Å². The maximum atomic E-state index is 13.4. The average Bonchev–Trinajstić information content (AvgIpc) is 2.79. The predicted molar refractivity (Wildman–Crippen MR) is 141 cm³/mol. The van der Waals surface area contributed by atoms with Crippen LogP contribution >= 0.6 is 11.8 Å². The van der Waals surface area contributed by atoms with Crippen LogP contribution in [0.2, 0.25) is 18.1 Å². The highest BCUT2D eigenvalue weighted by Crippen LogP contribution is 2.41. The van der Waals surface area contributed by atoms with Crippen LogP contribution in [0.15, 0.2) is 12.1 Å². The molecule has 3 N–H and O–H groups in total. The fourth-order valence-electron chi connectivity index (χ4n) is 3.27. The third-order valence-corrected chi connectivity index (χ3v) is 11.9. The molecule has 13 heteroatoms. The molecule has 0 fully saturated rings. The van der Waals surface area contributed by atoms with Gasteiger partial charge in [0.25, 0.3) is 0 Å². The lowest BCUT2D eigenvalue weighted by atomic mass is 10.1. The lowest BCUT2D eigenvalue weighted by Crippen LogP contribution is -2.57. The first kappa shape index (κ1) is 30.3. The molecule has 2 rings (SSSR count). The van der Waals surface area contributed by atoms with Crippen LogP contribution in [0.5, 0.6) is 11.5 Å². The monoisotopic (exact) mass is 556 g/mol. The first-order valence-electron chi connectivity index (χ1n) is 11.7. The molecule has 0 aromatic heterocycles. The number of cyclic esters (lactones) is 1. The van der Waals surface area contributed by atoms with E-state index in [4.69, 9.17) is 18.6 Å². The molecule has 1 aliphatic heterocycles. The Morgan fingerprint density at radius 3 is 2.41 bits per heavy atom. The number of hydrogen-bond acceptors (Lipinski definition) is 9. The van der Waals surface area contributed by atoms with E-state index in [1.54, 1.807) is 6.07 Å². The number of carbonyl (C=O) groups is 4. The van der Waals surface area contributed by atoms with Crippen molar-refractivity contribution in [1.82, 2.24) is 10.6 Å². The van der Waals surface area contributed by atoms with Gasteiger partial charge in [-0.3, -0.25) is 4.79 Å². The van der Waals surface area contributed by atoms with Gasteiger partial charge < -0.3 is 34.4 Å². The van der Waals surface area contributed by atoms with E-state index in [0.29, 0.717) is 17.1 Å². The number of amides is 2. The zero-order valence-corrected chi connectivity index (χ0v) is 24.2. The first-order valence-corrected chi connectivity index (χ1v) is 15.7. The van der Waals surface area contributed by atoms with E-state index in [1.807, 2.05) is 0 Å². The molecule has 0 unspecified atom stereocenters. The number of methoxy groups -OCH3 is 2. The number of ether oxygens (including phenoxy) is 3. The number of hydrogen-bond donors (Lipinski definition) is 3. The topological polar surface area (TPSA) is 149 Å². The number of nitrogens with one attached hydrogen (secondary N) is 2. The summed E-state index contributed by atoms with van der Waals surface area (Å²) in [6, 6.07) is 0.702. The molecular weight excluding hydrogens is 520 g/mol. The molecule has 11 nitrogen and oxygen atoms in total. The van der Waals surface area contributed by atoms with Crippen molar-refractivity contribution >= 4 is 44.0 Å². The van der Waals surface area contributed by atoms with Gasteiger partial charge in [-0.2, -0.15) is 11.8 Å². The molecule has 0 spiro atoms. The van der Waals surface area contributed by atoms with E-state index in [2.05, 4.69) is 44.5 Å². The minimum Gasteiger partial charge on any atom is -0.543 e. The highest BCUT2D eigenvalue weighted by atomic mass is 32.2. The molecule has 37 heavy (non-hydrogen) atoms. The lowest BCUT2D eigenvalue weighted by molar-refractivity contribution is -0.144. The molecule has 1 aromatic carbocycles. The lowest BCUT2D eigenvalue weighted by Gasteiger charge is -2.37. The molecule has 0 saturated heterocycles. The van der Waals surface area contributed by atoms with Crippen LogP contribution in [-0.2, 0) is 24.8 Å².